The molecule has 3 rings (SSSR count). The van der Waals surface area contributed by atoms with Crippen LogP contribution in [0.15, 0.2) is 41.7 Å². The summed E-state index contributed by atoms with van der Waals surface area (Å²) in [5.74, 6) is 1.98. The molecule has 0 atom stereocenters. The van der Waals surface area contributed by atoms with Gasteiger partial charge in [-0.1, -0.05) is 31.2 Å². The van der Waals surface area contributed by atoms with Gasteiger partial charge in [0.25, 0.3) is 0 Å². The van der Waals surface area contributed by atoms with Crippen LogP contribution in [0.3, 0.4) is 0 Å². The monoisotopic (exact) mass is 409 g/mol. The molecule has 0 radical (unpaired) electrons. The summed E-state index contributed by atoms with van der Waals surface area (Å²) in [7, 11) is 0. The fourth-order valence-corrected chi connectivity index (χ4v) is 3.74. The highest BCUT2D eigenvalue weighted by Crippen LogP contribution is 2.23. The largest absolute Gasteiger partial charge is 0.368 e. The molecule has 30 heavy (non-hydrogen) atoms. The number of nitrogens with one attached hydrogen (secondary N) is 1. The molecule has 1 aliphatic heterocycles. The third-order valence-electron chi connectivity index (χ3n) is 5.64. The van der Waals surface area contributed by atoms with Crippen molar-refractivity contribution in [2.24, 2.45) is 4.99 Å². The Hall–Kier alpha value is -2.83. The quantitative estimate of drug-likeness (QED) is 0.433. The minimum atomic E-state index is 0.645. The molecule has 0 unspecified atom stereocenters. The van der Waals surface area contributed by atoms with Crippen molar-refractivity contribution in [2.75, 3.05) is 44.2 Å². The van der Waals surface area contributed by atoms with E-state index >= 15 is 0 Å². The molecule has 1 aliphatic rings. The van der Waals surface area contributed by atoms with Gasteiger partial charge in [-0.15, -0.1) is 10.2 Å². The summed E-state index contributed by atoms with van der Waals surface area (Å²) in [4.78, 5) is 9.66. The fourth-order valence-electron chi connectivity index (χ4n) is 3.74. The second-order valence-corrected chi connectivity index (χ2v) is 8.01. The van der Waals surface area contributed by atoms with Crippen molar-refractivity contribution in [3.05, 3.63) is 53.6 Å². The van der Waals surface area contributed by atoms with Crippen molar-refractivity contribution in [3.8, 4) is 0 Å². The van der Waals surface area contributed by atoms with E-state index in [0.717, 1.165) is 63.0 Å². The number of aryl methyl sites for hydroxylation is 2. The van der Waals surface area contributed by atoms with Gasteiger partial charge in [0.05, 0.1) is 6.54 Å². The number of piperazine rings is 1. The number of benzene rings is 1. The zero-order chi connectivity index (χ0) is 21.5. The molecule has 0 saturated carbocycles. The van der Waals surface area contributed by atoms with E-state index in [1.54, 1.807) is 6.33 Å². The van der Waals surface area contributed by atoms with E-state index in [0.29, 0.717) is 6.54 Å². The van der Waals surface area contributed by atoms with Crippen LogP contribution in [0.2, 0.25) is 0 Å². The molecule has 0 bridgehead atoms. The second kappa shape index (κ2) is 10.3. The molecule has 0 spiro atoms. The highest BCUT2D eigenvalue weighted by Gasteiger charge is 2.21. The minimum absolute atomic E-state index is 0.645. The highest BCUT2D eigenvalue weighted by molar-refractivity contribution is 5.80. The SMILES string of the molecule is C=C(C)CN=C(NCCn1cnnc1CC)N1CCN(c2cccc(C)c2C)CC1. The van der Waals surface area contributed by atoms with E-state index in [9.17, 15) is 0 Å². The van der Waals surface area contributed by atoms with Gasteiger partial charge in [-0.3, -0.25) is 0 Å². The summed E-state index contributed by atoms with van der Waals surface area (Å²) in [6.07, 6.45) is 2.69. The van der Waals surface area contributed by atoms with Crippen LogP contribution in [0.4, 0.5) is 5.69 Å². The van der Waals surface area contributed by atoms with Gasteiger partial charge in [0, 0.05) is 51.4 Å². The first-order chi connectivity index (χ1) is 14.5. The number of nitrogens with zero attached hydrogens (tertiary/aromatic N) is 6. The van der Waals surface area contributed by atoms with Gasteiger partial charge in [0.2, 0.25) is 0 Å². The van der Waals surface area contributed by atoms with E-state index < -0.39 is 0 Å². The van der Waals surface area contributed by atoms with Gasteiger partial charge >= 0.3 is 0 Å². The number of hydrogen-bond donors (Lipinski definition) is 1. The van der Waals surface area contributed by atoms with Crippen molar-refractivity contribution in [3.63, 3.8) is 0 Å². The summed E-state index contributed by atoms with van der Waals surface area (Å²) in [6.45, 7) is 18.7. The molecule has 0 amide bonds. The maximum Gasteiger partial charge on any atom is 0.194 e. The third kappa shape index (κ3) is 5.40. The summed E-state index contributed by atoms with van der Waals surface area (Å²) >= 11 is 0. The Kier molecular flexibility index (Phi) is 7.49. The molecule has 1 fully saturated rings. The minimum Gasteiger partial charge on any atom is -0.368 e. The van der Waals surface area contributed by atoms with Crippen LogP contribution in [-0.2, 0) is 13.0 Å². The molecule has 1 N–H and O–H groups in total. The van der Waals surface area contributed by atoms with Crippen LogP contribution in [-0.4, -0.2) is 64.9 Å². The van der Waals surface area contributed by atoms with Crippen LogP contribution in [0, 0.1) is 13.8 Å². The first kappa shape index (κ1) is 21.9. The van der Waals surface area contributed by atoms with Gasteiger partial charge in [0.1, 0.15) is 12.2 Å². The Bertz CT molecular complexity index is 875. The lowest BCUT2D eigenvalue weighted by atomic mass is 10.1. The highest BCUT2D eigenvalue weighted by atomic mass is 15.4. The lowest BCUT2D eigenvalue weighted by Gasteiger charge is -2.38. The van der Waals surface area contributed by atoms with E-state index in [1.807, 2.05) is 6.92 Å². The Morgan fingerprint density at radius 3 is 2.67 bits per heavy atom. The molecule has 1 aromatic carbocycles. The summed E-state index contributed by atoms with van der Waals surface area (Å²) < 4.78 is 2.10. The predicted octanol–water partition coefficient (Wildman–Crippen LogP) is 2.80. The van der Waals surface area contributed by atoms with E-state index in [2.05, 4.69) is 75.4 Å². The van der Waals surface area contributed by atoms with Crippen LogP contribution in [0.5, 0.6) is 0 Å². The Labute approximate surface area is 180 Å². The zero-order valence-corrected chi connectivity index (χ0v) is 18.9. The van der Waals surface area contributed by atoms with Crippen molar-refractivity contribution in [1.82, 2.24) is 25.0 Å². The molecule has 1 aromatic heterocycles. The Morgan fingerprint density at radius 2 is 1.97 bits per heavy atom. The van der Waals surface area contributed by atoms with Crippen LogP contribution < -0.4 is 10.2 Å². The van der Waals surface area contributed by atoms with Gasteiger partial charge in [-0.25, -0.2) is 4.99 Å². The molecule has 2 aromatic rings. The Balaban J connectivity index is 1.61. The lowest BCUT2D eigenvalue weighted by Crippen LogP contribution is -2.53. The number of guanidine groups is 1. The van der Waals surface area contributed by atoms with Crippen molar-refractivity contribution >= 4 is 11.6 Å². The Morgan fingerprint density at radius 1 is 1.20 bits per heavy atom. The summed E-state index contributed by atoms with van der Waals surface area (Å²) in [5.41, 5.74) is 5.14. The molecule has 1 saturated heterocycles. The molecule has 162 valence electrons. The first-order valence-electron chi connectivity index (χ1n) is 10.8. The lowest BCUT2D eigenvalue weighted by molar-refractivity contribution is 0.371. The maximum absolute atomic E-state index is 4.81. The summed E-state index contributed by atoms with van der Waals surface area (Å²) in [6, 6.07) is 6.57. The molecule has 7 heteroatoms. The van der Waals surface area contributed by atoms with E-state index in [4.69, 9.17) is 4.99 Å². The average molecular weight is 410 g/mol. The van der Waals surface area contributed by atoms with Crippen molar-refractivity contribution < 1.29 is 0 Å². The normalized spacial score (nSPS) is 14.9. The van der Waals surface area contributed by atoms with Gasteiger partial charge in [-0.05, 0) is 38.0 Å². The number of aromatic nitrogens is 3. The number of rotatable bonds is 7. The van der Waals surface area contributed by atoms with Crippen LogP contribution >= 0.6 is 0 Å². The second-order valence-electron chi connectivity index (χ2n) is 8.01. The number of hydrogen-bond acceptors (Lipinski definition) is 4. The number of anilines is 1. The predicted molar refractivity (Wildman–Crippen MR) is 124 cm³/mol. The molecule has 0 aliphatic carbocycles. The van der Waals surface area contributed by atoms with E-state index in [1.165, 1.54) is 16.8 Å². The smallest absolute Gasteiger partial charge is 0.194 e. The number of aliphatic imine (C=N–C) groups is 1. The molecule has 7 nitrogen and oxygen atoms in total. The average Bonchev–Trinajstić information content (AvgIpc) is 3.20. The van der Waals surface area contributed by atoms with Crippen LogP contribution in [0.25, 0.3) is 0 Å². The fraction of sp³-hybridized carbons (Fsp3) is 0.522. The summed E-state index contributed by atoms with van der Waals surface area (Å²) in [5, 5.41) is 11.7. The third-order valence-corrected chi connectivity index (χ3v) is 5.64. The van der Waals surface area contributed by atoms with Crippen molar-refractivity contribution in [1.29, 1.82) is 0 Å². The zero-order valence-electron chi connectivity index (χ0n) is 18.9. The standard InChI is InChI=1S/C23H35N7/c1-6-22-27-26-17-30(22)11-10-24-23(25-16-18(2)3)29-14-12-28(13-15-29)21-9-7-8-19(4)20(21)5/h7-9,17H,2,6,10-16H2,1,3-5H3,(H,24,25). The first-order valence-corrected chi connectivity index (χ1v) is 10.8. The molecule has 2 heterocycles. The van der Waals surface area contributed by atoms with Crippen molar-refractivity contribution in [2.45, 2.75) is 40.7 Å². The van der Waals surface area contributed by atoms with Gasteiger partial charge in [0.15, 0.2) is 5.96 Å². The van der Waals surface area contributed by atoms with Gasteiger partial charge < -0.3 is 19.7 Å². The molecular formula is C23H35N7. The maximum atomic E-state index is 4.81. The van der Waals surface area contributed by atoms with E-state index in [-0.39, 0.29) is 0 Å². The topological polar surface area (TPSA) is 61.6 Å². The molecular weight excluding hydrogens is 374 g/mol. The van der Waals surface area contributed by atoms with Crippen LogP contribution in [0.1, 0.15) is 30.8 Å². The van der Waals surface area contributed by atoms with Gasteiger partial charge in [-0.2, -0.15) is 0 Å².